The fourth-order valence-corrected chi connectivity index (χ4v) is 5.17. The van der Waals surface area contributed by atoms with Crippen molar-refractivity contribution >= 4 is 11.7 Å². The second-order valence-corrected chi connectivity index (χ2v) is 11.3. The monoisotopic (exact) mass is 571 g/mol. The quantitative estimate of drug-likeness (QED) is 0.274. The summed E-state index contributed by atoms with van der Waals surface area (Å²) < 4.78 is 23.0. The van der Waals surface area contributed by atoms with E-state index in [1.54, 1.807) is 47.8 Å². The van der Waals surface area contributed by atoms with Crippen LogP contribution in [0.25, 0.3) is 22.5 Å². The Labute approximate surface area is 243 Å². The summed E-state index contributed by atoms with van der Waals surface area (Å²) in [7, 11) is 3.45. The number of aryl methyl sites for hydroxylation is 1. The van der Waals surface area contributed by atoms with Crippen molar-refractivity contribution in [1.82, 2.24) is 29.6 Å². The molecule has 0 spiro atoms. The molecule has 1 amide bonds. The first-order valence-electron chi connectivity index (χ1n) is 14.3. The molecule has 2 aliphatic rings. The maximum Gasteiger partial charge on any atom is 0.263 e. The number of nitrogens with zero attached hydrogens (tertiary/aromatic N) is 5. The lowest BCUT2D eigenvalue weighted by atomic mass is 9.98. The van der Waals surface area contributed by atoms with Crippen LogP contribution in [-0.4, -0.2) is 50.0 Å². The summed E-state index contributed by atoms with van der Waals surface area (Å²) in [6.07, 6.45) is 7.25. The van der Waals surface area contributed by atoms with Crippen molar-refractivity contribution in [2.24, 2.45) is 7.05 Å². The number of ether oxygens (including phenoxy) is 1. The number of benzene rings is 1. The Morgan fingerprint density at radius 2 is 1.95 bits per heavy atom. The molecule has 4 aromatic rings. The Bertz CT molecular complexity index is 1690. The highest BCUT2D eigenvalue weighted by Crippen LogP contribution is 2.42. The smallest absolute Gasteiger partial charge is 0.263 e. The van der Waals surface area contributed by atoms with E-state index in [0.29, 0.717) is 30.4 Å². The van der Waals surface area contributed by atoms with E-state index in [4.69, 9.17) is 9.72 Å². The fourth-order valence-electron chi connectivity index (χ4n) is 5.17. The van der Waals surface area contributed by atoms with E-state index in [9.17, 15) is 14.0 Å². The molecule has 3 heterocycles. The number of pyridine rings is 2. The van der Waals surface area contributed by atoms with Gasteiger partial charge in [0.25, 0.3) is 11.5 Å². The third-order valence-electron chi connectivity index (χ3n) is 7.68. The van der Waals surface area contributed by atoms with Gasteiger partial charge in [-0.05, 0) is 79.6 Å². The second kappa shape index (κ2) is 11.6. The van der Waals surface area contributed by atoms with Crippen molar-refractivity contribution in [2.45, 2.75) is 57.2 Å². The van der Waals surface area contributed by atoms with E-state index >= 15 is 0 Å². The predicted molar refractivity (Wildman–Crippen MR) is 157 cm³/mol. The second-order valence-electron chi connectivity index (χ2n) is 11.3. The summed E-state index contributed by atoms with van der Waals surface area (Å²) in [5, 5.41) is 14.4. The average Bonchev–Trinajstić information content (AvgIpc) is 3.90. The number of nitrogens with one attached hydrogen (secondary N) is 2. The third kappa shape index (κ3) is 6.02. The Morgan fingerprint density at radius 3 is 2.64 bits per heavy atom. The summed E-state index contributed by atoms with van der Waals surface area (Å²) in [5.74, 6) is 0.239. The molecule has 42 heavy (non-hydrogen) atoms. The van der Waals surface area contributed by atoms with Crippen LogP contribution in [0.1, 0.15) is 66.2 Å². The molecule has 6 rings (SSSR count). The number of hydrogen-bond acceptors (Lipinski definition) is 7. The molecule has 0 saturated heterocycles. The standard InChI is InChI=1S/C31H34FN7O3/c1-18(16-42-3)33-14-19-10-26(31(41)39(15-19)23-7-8-23)30(40)36-28-12-21(11-27(35-28)20-4-5-20)24-9-6-22(32)13-25(24)29-37-34-17-38(29)2/h6,9-13,15,17-18,20,23,33H,4-5,7-8,14,16H2,1-3H3,(H,35,36,40)/t18-/m0/s1. The molecule has 1 atom stereocenters. The molecular formula is C31H34FN7O3. The summed E-state index contributed by atoms with van der Waals surface area (Å²) in [4.78, 5) is 31.8. The van der Waals surface area contributed by atoms with Gasteiger partial charge in [0.1, 0.15) is 23.5 Å². The predicted octanol–water partition coefficient (Wildman–Crippen LogP) is 4.43. The van der Waals surface area contributed by atoms with E-state index in [1.807, 2.05) is 19.2 Å². The minimum absolute atomic E-state index is 0.0716. The van der Waals surface area contributed by atoms with Crippen molar-refractivity contribution in [3.8, 4) is 22.5 Å². The van der Waals surface area contributed by atoms with E-state index in [0.717, 1.165) is 48.1 Å². The maximum atomic E-state index is 14.4. The molecule has 2 fully saturated rings. The molecule has 0 bridgehead atoms. The van der Waals surface area contributed by atoms with Crippen LogP contribution >= 0.6 is 0 Å². The number of halogens is 1. The van der Waals surface area contributed by atoms with Gasteiger partial charge in [0.2, 0.25) is 0 Å². The highest BCUT2D eigenvalue weighted by atomic mass is 19.1. The lowest BCUT2D eigenvalue weighted by molar-refractivity contribution is 0.102. The normalized spacial score (nSPS) is 15.5. The maximum absolute atomic E-state index is 14.4. The molecule has 11 heteroatoms. The van der Waals surface area contributed by atoms with E-state index in [-0.39, 0.29) is 34.9 Å². The molecular weight excluding hydrogens is 537 g/mol. The molecule has 2 saturated carbocycles. The van der Waals surface area contributed by atoms with Crippen LogP contribution in [0.15, 0.2) is 53.7 Å². The van der Waals surface area contributed by atoms with E-state index < -0.39 is 5.91 Å². The Balaban J connectivity index is 1.35. The largest absolute Gasteiger partial charge is 0.383 e. The molecule has 3 aromatic heterocycles. The highest BCUT2D eigenvalue weighted by molar-refractivity contribution is 6.04. The van der Waals surface area contributed by atoms with Crippen LogP contribution in [0.4, 0.5) is 10.2 Å². The minimum atomic E-state index is -0.514. The molecule has 0 radical (unpaired) electrons. The van der Waals surface area contributed by atoms with Crippen LogP contribution in [0.5, 0.6) is 0 Å². The van der Waals surface area contributed by atoms with Crippen molar-refractivity contribution in [1.29, 1.82) is 0 Å². The van der Waals surface area contributed by atoms with Gasteiger partial charge in [-0.15, -0.1) is 10.2 Å². The number of amides is 1. The zero-order valence-corrected chi connectivity index (χ0v) is 23.9. The van der Waals surface area contributed by atoms with Gasteiger partial charge >= 0.3 is 0 Å². The lowest BCUT2D eigenvalue weighted by Gasteiger charge is -2.16. The molecule has 2 aliphatic carbocycles. The van der Waals surface area contributed by atoms with Gasteiger partial charge in [0.05, 0.1) is 6.61 Å². The van der Waals surface area contributed by atoms with Crippen LogP contribution in [0.3, 0.4) is 0 Å². The van der Waals surface area contributed by atoms with Gasteiger partial charge in [0, 0.05) is 56.2 Å². The van der Waals surface area contributed by atoms with Gasteiger partial charge in [-0.3, -0.25) is 9.59 Å². The molecule has 0 unspecified atom stereocenters. The Hall–Kier alpha value is -4.22. The number of carbonyl (C=O) groups excluding carboxylic acids is 1. The summed E-state index contributed by atoms with van der Waals surface area (Å²) >= 11 is 0. The molecule has 1 aromatic carbocycles. The molecule has 2 N–H and O–H groups in total. The van der Waals surface area contributed by atoms with Crippen LogP contribution < -0.4 is 16.2 Å². The number of aromatic nitrogens is 5. The van der Waals surface area contributed by atoms with Gasteiger partial charge in [-0.25, -0.2) is 9.37 Å². The topological polar surface area (TPSA) is 116 Å². The van der Waals surface area contributed by atoms with Crippen molar-refractivity contribution in [3.63, 3.8) is 0 Å². The summed E-state index contributed by atoms with van der Waals surface area (Å²) in [6, 6.07) is 10.1. The van der Waals surface area contributed by atoms with Gasteiger partial charge in [0.15, 0.2) is 5.82 Å². The Kier molecular flexibility index (Phi) is 7.70. The summed E-state index contributed by atoms with van der Waals surface area (Å²) in [5.41, 5.74) is 3.52. The number of anilines is 1. The molecule has 0 aliphatic heterocycles. The zero-order chi connectivity index (χ0) is 29.4. The first-order chi connectivity index (χ1) is 20.3. The van der Waals surface area contributed by atoms with Gasteiger partial charge in [-0.2, -0.15) is 0 Å². The number of methoxy groups -OCH3 is 1. The fraction of sp³-hybridized carbons (Fsp3) is 0.387. The number of carbonyl (C=O) groups is 1. The zero-order valence-electron chi connectivity index (χ0n) is 23.9. The third-order valence-corrected chi connectivity index (χ3v) is 7.68. The summed E-state index contributed by atoms with van der Waals surface area (Å²) in [6.45, 7) is 3.06. The SMILES string of the molecule is COC[C@H](C)NCc1cc(C(=O)Nc2cc(-c3ccc(F)cc3-c3nncn3C)cc(C3CC3)n2)c(=O)n(C2CC2)c1. The van der Waals surface area contributed by atoms with Crippen molar-refractivity contribution in [3.05, 3.63) is 81.9 Å². The molecule has 218 valence electrons. The Morgan fingerprint density at radius 1 is 1.14 bits per heavy atom. The number of rotatable bonds is 11. The molecule has 10 nitrogen and oxygen atoms in total. The van der Waals surface area contributed by atoms with E-state index in [1.165, 1.54) is 12.1 Å². The number of hydrogen-bond donors (Lipinski definition) is 2. The van der Waals surface area contributed by atoms with Crippen LogP contribution in [0.2, 0.25) is 0 Å². The first-order valence-corrected chi connectivity index (χ1v) is 14.3. The highest BCUT2D eigenvalue weighted by Gasteiger charge is 2.29. The van der Waals surface area contributed by atoms with Crippen molar-refractivity contribution in [2.75, 3.05) is 19.0 Å². The minimum Gasteiger partial charge on any atom is -0.383 e. The average molecular weight is 572 g/mol. The van der Waals surface area contributed by atoms with Crippen LogP contribution in [0, 0.1) is 5.82 Å². The van der Waals surface area contributed by atoms with Gasteiger partial charge < -0.3 is 24.5 Å². The van der Waals surface area contributed by atoms with Crippen molar-refractivity contribution < 1.29 is 13.9 Å². The lowest BCUT2D eigenvalue weighted by Crippen LogP contribution is -2.32. The van der Waals surface area contributed by atoms with E-state index in [2.05, 4.69) is 20.8 Å². The van der Waals surface area contributed by atoms with Gasteiger partial charge in [-0.1, -0.05) is 6.07 Å². The first kappa shape index (κ1) is 27.9. The van der Waals surface area contributed by atoms with Crippen LogP contribution in [-0.2, 0) is 18.3 Å².